The predicted octanol–water partition coefficient (Wildman–Crippen LogP) is -2.96. The zero-order valence-electron chi connectivity index (χ0n) is 8.17. The van der Waals surface area contributed by atoms with Crippen molar-refractivity contribution >= 4 is 5.78 Å². The second kappa shape index (κ2) is 5.51. The van der Waals surface area contributed by atoms with Gasteiger partial charge in [0.2, 0.25) is 0 Å². The van der Waals surface area contributed by atoms with E-state index in [9.17, 15) is 9.90 Å². The van der Waals surface area contributed by atoms with Crippen LogP contribution in [0.4, 0.5) is 0 Å². The zero-order chi connectivity index (χ0) is 9.07. The van der Waals surface area contributed by atoms with E-state index in [1.807, 2.05) is 21.1 Å². The molecule has 0 aromatic heterocycles. The highest BCUT2D eigenvalue weighted by Crippen LogP contribution is 1.99. The fourth-order valence-electron chi connectivity index (χ4n) is 1.03. The fourth-order valence-corrected chi connectivity index (χ4v) is 1.03. The van der Waals surface area contributed by atoms with Gasteiger partial charge in [-0.25, -0.2) is 0 Å². The topological polar surface area (TPSA) is 37.3 Å². The fraction of sp³-hybridized carbons (Fsp3) is 0.875. The van der Waals surface area contributed by atoms with Gasteiger partial charge in [0.05, 0.1) is 21.1 Å². The van der Waals surface area contributed by atoms with E-state index in [1.165, 1.54) is 6.92 Å². The van der Waals surface area contributed by atoms with Crippen LogP contribution in [-0.2, 0) is 4.79 Å². The van der Waals surface area contributed by atoms with E-state index in [4.69, 9.17) is 0 Å². The molecule has 0 heterocycles. The number of aliphatic hydroxyl groups is 1. The van der Waals surface area contributed by atoms with Gasteiger partial charge in [-0.2, -0.15) is 0 Å². The van der Waals surface area contributed by atoms with Crippen molar-refractivity contribution in [3.05, 3.63) is 0 Å². The minimum Gasteiger partial charge on any atom is -1.00 e. The maximum atomic E-state index is 10.6. The van der Waals surface area contributed by atoms with Crippen LogP contribution in [0.25, 0.3) is 0 Å². The SMILES string of the molecule is CC(=O)CC(O)C[N+](C)(C)C.[Cl-]. The van der Waals surface area contributed by atoms with E-state index in [-0.39, 0.29) is 24.6 Å². The molecule has 74 valence electrons. The molecule has 0 aromatic carbocycles. The Morgan fingerprint density at radius 3 is 2.08 bits per heavy atom. The van der Waals surface area contributed by atoms with Crippen LogP contribution in [0.1, 0.15) is 13.3 Å². The Labute approximate surface area is 80.4 Å². The third-order valence-corrected chi connectivity index (χ3v) is 1.28. The van der Waals surface area contributed by atoms with Crippen molar-refractivity contribution in [1.29, 1.82) is 0 Å². The molecule has 0 radical (unpaired) electrons. The van der Waals surface area contributed by atoms with Crippen molar-refractivity contribution in [2.75, 3.05) is 27.7 Å². The van der Waals surface area contributed by atoms with Crippen molar-refractivity contribution < 1.29 is 26.8 Å². The van der Waals surface area contributed by atoms with Crippen molar-refractivity contribution in [3.8, 4) is 0 Å². The molecular formula is C8H18ClNO2. The molecule has 0 saturated carbocycles. The number of carbonyl (C=O) groups excluding carboxylic acids is 1. The molecule has 4 heteroatoms. The number of quaternary nitrogens is 1. The van der Waals surface area contributed by atoms with Gasteiger partial charge in [0.1, 0.15) is 18.4 Å². The van der Waals surface area contributed by atoms with Gasteiger partial charge in [-0.1, -0.05) is 0 Å². The summed E-state index contributed by atoms with van der Waals surface area (Å²) < 4.78 is 0.689. The number of hydrogen-bond acceptors (Lipinski definition) is 2. The first-order chi connectivity index (χ1) is 4.81. The summed E-state index contributed by atoms with van der Waals surface area (Å²) in [5, 5.41) is 9.32. The van der Waals surface area contributed by atoms with Gasteiger partial charge in [0.25, 0.3) is 0 Å². The molecule has 0 aliphatic carbocycles. The van der Waals surface area contributed by atoms with Gasteiger partial charge in [-0.3, -0.25) is 4.79 Å². The molecule has 0 rings (SSSR count). The molecule has 0 aliphatic heterocycles. The molecule has 3 nitrogen and oxygen atoms in total. The van der Waals surface area contributed by atoms with Crippen molar-refractivity contribution in [2.45, 2.75) is 19.4 Å². The number of carbonyl (C=O) groups is 1. The molecule has 1 unspecified atom stereocenters. The van der Waals surface area contributed by atoms with Gasteiger partial charge < -0.3 is 22.0 Å². The first kappa shape index (κ1) is 14.4. The molecule has 1 atom stereocenters. The Balaban J connectivity index is 0. The Morgan fingerprint density at radius 1 is 1.42 bits per heavy atom. The lowest BCUT2D eigenvalue weighted by molar-refractivity contribution is -0.873. The summed E-state index contributed by atoms with van der Waals surface area (Å²) in [6, 6.07) is 0. The molecule has 0 fully saturated rings. The van der Waals surface area contributed by atoms with Gasteiger partial charge in [0.15, 0.2) is 0 Å². The Morgan fingerprint density at radius 2 is 1.83 bits per heavy atom. The summed E-state index contributed by atoms with van der Waals surface area (Å²) in [6.07, 6.45) is -0.220. The number of Topliss-reactive ketones (excluding diaryl/α,β-unsaturated/α-hetero) is 1. The molecule has 0 aliphatic rings. The molecule has 0 amide bonds. The standard InChI is InChI=1S/C8H18NO2.ClH/c1-7(10)5-8(11)6-9(2,3)4;/h8,11H,5-6H2,1-4H3;1H/q+1;/p-1. The average molecular weight is 196 g/mol. The molecule has 0 aromatic rings. The summed E-state index contributed by atoms with van der Waals surface area (Å²) in [5.41, 5.74) is 0. The first-order valence-electron chi connectivity index (χ1n) is 3.79. The molecular weight excluding hydrogens is 178 g/mol. The van der Waals surface area contributed by atoms with Crippen LogP contribution < -0.4 is 12.4 Å². The smallest absolute Gasteiger partial charge is 0.132 e. The van der Waals surface area contributed by atoms with Crippen LogP contribution in [0.15, 0.2) is 0 Å². The highest BCUT2D eigenvalue weighted by molar-refractivity contribution is 5.75. The summed E-state index contributed by atoms with van der Waals surface area (Å²) in [6.45, 7) is 2.12. The van der Waals surface area contributed by atoms with Gasteiger partial charge in [-0.05, 0) is 6.92 Å². The van der Waals surface area contributed by atoms with E-state index in [2.05, 4.69) is 0 Å². The number of rotatable bonds is 4. The van der Waals surface area contributed by atoms with Crippen LogP contribution >= 0.6 is 0 Å². The molecule has 1 N–H and O–H groups in total. The minimum atomic E-state index is -0.493. The number of ketones is 1. The molecule has 0 spiro atoms. The lowest BCUT2D eigenvalue weighted by Crippen LogP contribution is -3.00. The number of aliphatic hydroxyl groups excluding tert-OH is 1. The second-order valence-electron chi connectivity index (χ2n) is 4.03. The molecule has 0 saturated heterocycles. The van der Waals surface area contributed by atoms with Crippen LogP contribution in [0.3, 0.4) is 0 Å². The summed E-state index contributed by atoms with van der Waals surface area (Å²) >= 11 is 0. The number of likely N-dealkylation sites (N-methyl/N-ethyl adjacent to an activating group) is 1. The van der Waals surface area contributed by atoms with Crippen LogP contribution in [0.2, 0.25) is 0 Å². The quantitative estimate of drug-likeness (QED) is 0.487. The highest BCUT2D eigenvalue weighted by atomic mass is 35.5. The van der Waals surface area contributed by atoms with E-state index >= 15 is 0 Å². The molecule has 12 heavy (non-hydrogen) atoms. The number of nitrogens with zero attached hydrogens (tertiary/aromatic N) is 1. The van der Waals surface area contributed by atoms with Gasteiger partial charge in [0, 0.05) is 6.42 Å². The van der Waals surface area contributed by atoms with Crippen LogP contribution in [0.5, 0.6) is 0 Å². The number of hydrogen-bond donors (Lipinski definition) is 1. The third kappa shape index (κ3) is 9.88. The van der Waals surface area contributed by atoms with E-state index in [1.54, 1.807) is 0 Å². The summed E-state index contributed by atoms with van der Waals surface area (Å²) in [5.74, 6) is 0.0472. The lowest BCUT2D eigenvalue weighted by atomic mass is 10.2. The monoisotopic (exact) mass is 195 g/mol. The lowest BCUT2D eigenvalue weighted by Gasteiger charge is -2.26. The summed E-state index contributed by atoms with van der Waals surface area (Å²) in [7, 11) is 5.97. The third-order valence-electron chi connectivity index (χ3n) is 1.28. The maximum absolute atomic E-state index is 10.6. The van der Waals surface area contributed by atoms with Gasteiger partial charge >= 0.3 is 0 Å². The number of halogens is 1. The second-order valence-corrected chi connectivity index (χ2v) is 4.03. The normalized spacial score (nSPS) is 13.4. The Kier molecular flexibility index (Phi) is 6.62. The van der Waals surface area contributed by atoms with Crippen molar-refractivity contribution in [2.24, 2.45) is 0 Å². The minimum absolute atomic E-state index is 0. The maximum Gasteiger partial charge on any atom is 0.132 e. The van der Waals surface area contributed by atoms with Crippen molar-refractivity contribution in [1.82, 2.24) is 0 Å². The Hall–Kier alpha value is -0.120. The van der Waals surface area contributed by atoms with Crippen LogP contribution in [-0.4, -0.2) is 49.2 Å². The van der Waals surface area contributed by atoms with Gasteiger partial charge in [-0.15, -0.1) is 0 Å². The highest BCUT2D eigenvalue weighted by Gasteiger charge is 2.16. The average Bonchev–Trinajstić information content (AvgIpc) is 1.53. The molecule has 0 bridgehead atoms. The zero-order valence-corrected chi connectivity index (χ0v) is 8.93. The first-order valence-corrected chi connectivity index (χ1v) is 3.79. The largest absolute Gasteiger partial charge is 1.00 e. The summed E-state index contributed by atoms with van der Waals surface area (Å²) in [4.78, 5) is 10.6. The Bertz CT molecular complexity index is 142. The van der Waals surface area contributed by atoms with Crippen LogP contribution in [0, 0.1) is 0 Å². The van der Waals surface area contributed by atoms with E-state index in [0.29, 0.717) is 11.0 Å². The van der Waals surface area contributed by atoms with E-state index in [0.717, 1.165) is 0 Å². The van der Waals surface area contributed by atoms with Crippen molar-refractivity contribution in [3.63, 3.8) is 0 Å². The van der Waals surface area contributed by atoms with E-state index < -0.39 is 6.10 Å². The predicted molar refractivity (Wildman–Crippen MR) is 44.2 cm³/mol.